The average molecular weight is 335 g/mol. The van der Waals surface area contributed by atoms with Crippen LogP contribution in [-0.4, -0.2) is 55.8 Å². The molecule has 1 fully saturated rings. The lowest BCUT2D eigenvalue weighted by Crippen LogP contribution is -2.40. The first-order valence-corrected chi connectivity index (χ1v) is 7.98. The maximum Gasteiger partial charge on any atom is 0.333 e. The molecule has 0 aliphatic carbocycles. The molecule has 2 aromatic heterocycles. The summed E-state index contributed by atoms with van der Waals surface area (Å²) in [5, 5.41) is 0. The zero-order chi connectivity index (χ0) is 17.3. The molecule has 0 atom stereocenters. The molecule has 0 amide bonds. The lowest BCUT2D eigenvalue weighted by Gasteiger charge is -2.14. The van der Waals surface area contributed by atoms with Crippen molar-refractivity contribution in [2.24, 2.45) is 14.1 Å². The number of rotatable bonds is 5. The number of carbonyl (C=O) groups is 1. The number of likely N-dealkylation sites (tertiary alicyclic amines) is 1. The van der Waals surface area contributed by atoms with Crippen LogP contribution >= 0.6 is 0 Å². The molecule has 9 nitrogen and oxygen atoms in total. The molecule has 1 aliphatic rings. The van der Waals surface area contributed by atoms with Crippen molar-refractivity contribution in [1.29, 1.82) is 0 Å². The van der Waals surface area contributed by atoms with E-state index >= 15 is 0 Å². The number of hydrogen-bond donors (Lipinski definition) is 0. The molecule has 9 heteroatoms. The van der Waals surface area contributed by atoms with E-state index in [1.165, 1.54) is 35.4 Å². The summed E-state index contributed by atoms with van der Waals surface area (Å²) < 4.78 is 8.91. The number of ether oxygens (including phenoxy) is 1. The minimum absolute atomic E-state index is 0.196. The first-order valence-electron chi connectivity index (χ1n) is 7.98. The number of hydrogen-bond acceptors (Lipinski definition) is 6. The van der Waals surface area contributed by atoms with Gasteiger partial charge in [0.2, 0.25) is 0 Å². The molecule has 0 radical (unpaired) electrons. The van der Waals surface area contributed by atoms with Crippen LogP contribution in [-0.2, 0) is 30.2 Å². The second-order valence-electron chi connectivity index (χ2n) is 6.03. The van der Waals surface area contributed by atoms with Crippen LogP contribution in [0.15, 0.2) is 15.9 Å². The van der Waals surface area contributed by atoms with Crippen LogP contribution in [0.2, 0.25) is 0 Å². The van der Waals surface area contributed by atoms with Crippen LogP contribution in [0, 0.1) is 0 Å². The molecular formula is C15H21N5O4. The van der Waals surface area contributed by atoms with Crippen LogP contribution in [0.1, 0.15) is 12.8 Å². The number of imidazole rings is 1. The van der Waals surface area contributed by atoms with Crippen molar-refractivity contribution in [2.75, 3.05) is 26.2 Å². The van der Waals surface area contributed by atoms with Crippen molar-refractivity contribution in [2.45, 2.75) is 19.4 Å². The normalized spacial score (nSPS) is 15.2. The molecule has 0 N–H and O–H groups in total. The highest BCUT2D eigenvalue weighted by Crippen LogP contribution is 2.07. The minimum atomic E-state index is -0.581. The molecule has 3 heterocycles. The van der Waals surface area contributed by atoms with Gasteiger partial charge in [0.1, 0.15) is 13.2 Å². The quantitative estimate of drug-likeness (QED) is 0.656. The van der Waals surface area contributed by atoms with Gasteiger partial charge in [-0.2, -0.15) is 0 Å². The summed E-state index contributed by atoms with van der Waals surface area (Å²) in [5.41, 5.74) is -0.541. The summed E-state index contributed by atoms with van der Waals surface area (Å²) in [6.07, 6.45) is 3.80. The van der Waals surface area contributed by atoms with Crippen molar-refractivity contribution < 1.29 is 9.53 Å². The minimum Gasteiger partial charge on any atom is -0.463 e. The zero-order valence-corrected chi connectivity index (χ0v) is 13.9. The standard InChI is InChI=1S/C15H21N5O4/c1-17-10-16-13-12(17)14(22)18(2)15(23)20(13)9-11(21)24-8-7-19-5-3-4-6-19/h10H,3-9H2,1-2H3. The lowest BCUT2D eigenvalue weighted by atomic mass is 10.4. The summed E-state index contributed by atoms with van der Waals surface area (Å²) >= 11 is 0. The molecule has 0 spiro atoms. The second-order valence-corrected chi connectivity index (χ2v) is 6.03. The molecular weight excluding hydrogens is 314 g/mol. The molecule has 0 unspecified atom stereocenters. The molecule has 0 saturated carbocycles. The fourth-order valence-electron chi connectivity index (χ4n) is 2.99. The highest BCUT2D eigenvalue weighted by molar-refractivity contribution is 5.74. The van der Waals surface area contributed by atoms with Gasteiger partial charge in [0.05, 0.1) is 6.33 Å². The highest BCUT2D eigenvalue weighted by Gasteiger charge is 2.18. The third-order valence-corrected chi connectivity index (χ3v) is 4.35. The van der Waals surface area contributed by atoms with E-state index in [2.05, 4.69) is 9.88 Å². The first kappa shape index (κ1) is 16.4. The third kappa shape index (κ3) is 2.99. The van der Waals surface area contributed by atoms with E-state index in [4.69, 9.17) is 4.74 Å². The van der Waals surface area contributed by atoms with Gasteiger partial charge in [-0.15, -0.1) is 0 Å². The molecule has 0 aromatic carbocycles. The van der Waals surface area contributed by atoms with Gasteiger partial charge in [0.25, 0.3) is 5.56 Å². The Morgan fingerprint density at radius 1 is 1.25 bits per heavy atom. The fourth-order valence-corrected chi connectivity index (χ4v) is 2.99. The van der Waals surface area contributed by atoms with Crippen molar-refractivity contribution >= 4 is 17.1 Å². The Morgan fingerprint density at radius 3 is 2.67 bits per heavy atom. The number of fused-ring (bicyclic) bond motifs is 1. The average Bonchev–Trinajstić information content (AvgIpc) is 3.19. The number of nitrogens with zero attached hydrogens (tertiary/aromatic N) is 5. The summed E-state index contributed by atoms with van der Waals surface area (Å²) in [6.45, 7) is 2.80. The van der Waals surface area contributed by atoms with Crippen LogP contribution < -0.4 is 11.2 Å². The van der Waals surface area contributed by atoms with E-state index in [0.29, 0.717) is 13.2 Å². The molecule has 1 saturated heterocycles. The summed E-state index contributed by atoms with van der Waals surface area (Å²) in [6, 6.07) is 0. The second kappa shape index (κ2) is 6.60. The maximum atomic E-state index is 12.3. The predicted molar refractivity (Wildman–Crippen MR) is 86.8 cm³/mol. The van der Waals surface area contributed by atoms with Crippen LogP contribution in [0.4, 0.5) is 0 Å². The molecule has 1 aliphatic heterocycles. The van der Waals surface area contributed by atoms with Crippen LogP contribution in [0.5, 0.6) is 0 Å². The molecule has 0 bridgehead atoms. The van der Waals surface area contributed by atoms with E-state index in [9.17, 15) is 14.4 Å². The number of esters is 1. The van der Waals surface area contributed by atoms with Gasteiger partial charge in [-0.25, -0.2) is 9.78 Å². The fraction of sp³-hybridized carbons (Fsp3) is 0.600. The summed E-state index contributed by atoms with van der Waals surface area (Å²) in [4.78, 5) is 42.8. The Morgan fingerprint density at radius 2 is 1.96 bits per heavy atom. The monoisotopic (exact) mass is 335 g/mol. The third-order valence-electron chi connectivity index (χ3n) is 4.35. The van der Waals surface area contributed by atoms with Crippen molar-refractivity contribution in [3.05, 3.63) is 27.2 Å². The molecule has 130 valence electrons. The van der Waals surface area contributed by atoms with Crippen molar-refractivity contribution in [3.63, 3.8) is 0 Å². The Hall–Kier alpha value is -2.42. The van der Waals surface area contributed by atoms with Gasteiger partial charge in [-0.1, -0.05) is 0 Å². The van der Waals surface area contributed by atoms with Gasteiger partial charge in [-0.05, 0) is 25.9 Å². The van der Waals surface area contributed by atoms with Crippen LogP contribution in [0.25, 0.3) is 11.2 Å². The first-order chi connectivity index (χ1) is 11.5. The summed E-state index contributed by atoms with van der Waals surface area (Å²) in [5.74, 6) is -0.512. The van der Waals surface area contributed by atoms with E-state index < -0.39 is 17.2 Å². The number of aryl methyl sites for hydroxylation is 1. The van der Waals surface area contributed by atoms with Gasteiger partial charge >= 0.3 is 11.7 Å². The van der Waals surface area contributed by atoms with Gasteiger partial charge < -0.3 is 9.30 Å². The topological polar surface area (TPSA) is 91.4 Å². The number of carbonyl (C=O) groups excluding carboxylic acids is 1. The van der Waals surface area contributed by atoms with E-state index in [-0.39, 0.29) is 17.7 Å². The van der Waals surface area contributed by atoms with Crippen LogP contribution in [0.3, 0.4) is 0 Å². The molecule has 2 aromatic rings. The number of aromatic nitrogens is 4. The maximum absolute atomic E-state index is 12.3. The van der Waals surface area contributed by atoms with Crippen molar-refractivity contribution in [1.82, 2.24) is 23.6 Å². The lowest BCUT2D eigenvalue weighted by molar-refractivity contribution is -0.144. The van der Waals surface area contributed by atoms with Gasteiger partial charge in [-0.3, -0.25) is 23.6 Å². The zero-order valence-electron chi connectivity index (χ0n) is 13.9. The smallest absolute Gasteiger partial charge is 0.333 e. The highest BCUT2D eigenvalue weighted by atomic mass is 16.5. The van der Waals surface area contributed by atoms with Gasteiger partial charge in [0, 0.05) is 20.6 Å². The van der Waals surface area contributed by atoms with E-state index in [1.807, 2.05) is 0 Å². The van der Waals surface area contributed by atoms with E-state index in [1.54, 1.807) is 7.05 Å². The SMILES string of the molecule is Cn1c(=O)c2c(ncn2C)n(CC(=O)OCCN2CCCC2)c1=O. The Balaban J connectivity index is 1.76. The predicted octanol–water partition coefficient (Wildman–Crippen LogP) is -0.927. The Labute approximate surface area is 138 Å². The van der Waals surface area contributed by atoms with Crippen molar-refractivity contribution in [3.8, 4) is 0 Å². The van der Waals surface area contributed by atoms with Gasteiger partial charge in [0.15, 0.2) is 11.2 Å². The molecule has 24 heavy (non-hydrogen) atoms. The Kier molecular flexibility index (Phi) is 4.52. The van der Waals surface area contributed by atoms with E-state index in [0.717, 1.165) is 17.7 Å². The summed E-state index contributed by atoms with van der Waals surface area (Å²) in [7, 11) is 3.05. The Bertz CT molecular complexity index is 872. The largest absolute Gasteiger partial charge is 0.463 e. The molecule has 3 rings (SSSR count).